The molecule has 3 aromatic rings. The molecule has 3 rings (SSSR count). The molecule has 2 aromatic heterocycles. The molecular weight excluding hydrogens is 287 g/mol. The van der Waals surface area contributed by atoms with Crippen molar-refractivity contribution in [2.45, 2.75) is 6.92 Å². The lowest BCUT2D eigenvalue weighted by Gasteiger charge is -1.97. The summed E-state index contributed by atoms with van der Waals surface area (Å²) < 4.78 is 12.9. The maximum absolute atomic E-state index is 12.9. The zero-order valence-corrected chi connectivity index (χ0v) is 12.0. The number of hydrogen-bond donors (Lipinski definition) is 0. The zero-order valence-electron chi connectivity index (χ0n) is 11.2. The Kier molecular flexibility index (Phi) is 3.58. The van der Waals surface area contributed by atoms with Crippen molar-refractivity contribution in [3.8, 4) is 11.4 Å². The van der Waals surface area contributed by atoms with Crippen molar-refractivity contribution in [3.05, 3.63) is 69.9 Å². The Morgan fingerprint density at radius 2 is 1.90 bits per heavy atom. The van der Waals surface area contributed by atoms with Crippen LogP contribution in [0.3, 0.4) is 0 Å². The minimum atomic E-state index is -0.396. The highest BCUT2D eigenvalue weighted by atomic mass is 32.1. The molecule has 5 heteroatoms. The number of aryl methyl sites for hydroxylation is 1. The largest absolute Gasteiger partial charge is 0.286 e. The quantitative estimate of drug-likeness (QED) is 0.689. The molecule has 0 bridgehead atoms. The van der Waals surface area contributed by atoms with Gasteiger partial charge < -0.3 is 0 Å². The Labute approximate surface area is 125 Å². The highest BCUT2D eigenvalue weighted by Crippen LogP contribution is 2.27. The van der Waals surface area contributed by atoms with Gasteiger partial charge in [-0.25, -0.2) is 9.37 Å². The lowest BCUT2D eigenvalue weighted by Crippen LogP contribution is -2.00. The number of ketones is 1. The van der Waals surface area contributed by atoms with Gasteiger partial charge in [0.1, 0.15) is 11.5 Å². The van der Waals surface area contributed by atoms with Crippen LogP contribution in [-0.4, -0.2) is 15.8 Å². The van der Waals surface area contributed by atoms with E-state index < -0.39 is 5.82 Å². The fraction of sp³-hybridized carbons (Fsp3) is 0.0625. The number of carbonyl (C=O) groups excluding carboxylic acids is 1. The molecule has 2 heterocycles. The summed E-state index contributed by atoms with van der Waals surface area (Å²) in [6.07, 6.45) is 1.15. The average Bonchev–Trinajstić information content (AvgIpc) is 2.90. The predicted molar refractivity (Wildman–Crippen MR) is 79.9 cm³/mol. The van der Waals surface area contributed by atoms with Gasteiger partial charge in [-0.15, -0.1) is 11.3 Å². The van der Waals surface area contributed by atoms with Gasteiger partial charge >= 0.3 is 0 Å². The van der Waals surface area contributed by atoms with E-state index in [1.807, 2.05) is 25.1 Å². The minimum absolute atomic E-state index is 0.114. The number of halogens is 1. The van der Waals surface area contributed by atoms with Gasteiger partial charge in [-0.1, -0.05) is 30.3 Å². The molecule has 0 aliphatic carbocycles. The van der Waals surface area contributed by atoms with Gasteiger partial charge in [0.15, 0.2) is 5.01 Å². The molecule has 0 fully saturated rings. The van der Waals surface area contributed by atoms with E-state index >= 15 is 0 Å². The number of benzene rings is 1. The number of carbonyl (C=O) groups is 1. The van der Waals surface area contributed by atoms with Crippen LogP contribution in [0, 0.1) is 12.7 Å². The van der Waals surface area contributed by atoms with Crippen LogP contribution in [0.2, 0.25) is 0 Å². The number of hydrogen-bond acceptors (Lipinski definition) is 4. The summed E-state index contributed by atoms with van der Waals surface area (Å²) >= 11 is 1.32. The first-order valence-electron chi connectivity index (χ1n) is 6.34. The molecule has 1 aromatic carbocycles. The molecule has 0 amide bonds. The normalized spacial score (nSPS) is 10.6. The minimum Gasteiger partial charge on any atom is -0.286 e. The van der Waals surface area contributed by atoms with Crippen LogP contribution in [0.4, 0.5) is 4.39 Å². The average molecular weight is 298 g/mol. The van der Waals surface area contributed by atoms with Crippen molar-refractivity contribution in [1.29, 1.82) is 0 Å². The van der Waals surface area contributed by atoms with E-state index in [1.165, 1.54) is 17.4 Å². The number of pyridine rings is 1. The zero-order chi connectivity index (χ0) is 14.8. The second-order valence-corrected chi connectivity index (χ2v) is 5.68. The molecular formula is C16H11FN2OS. The highest BCUT2D eigenvalue weighted by molar-refractivity contribution is 7.14. The summed E-state index contributed by atoms with van der Waals surface area (Å²) in [5, 5.41) is 0.417. The summed E-state index contributed by atoms with van der Waals surface area (Å²) in [5.74, 6) is -0.510. The van der Waals surface area contributed by atoms with E-state index in [4.69, 9.17) is 0 Å². The van der Waals surface area contributed by atoms with Gasteiger partial charge in [0.05, 0.1) is 11.9 Å². The van der Waals surface area contributed by atoms with E-state index in [1.54, 1.807) is 18.2 Å². The maximum atomic E-state index is 12.9. The Morgan fingerprint density at radius 3 is 2.57 bits per heavy atom. The van der Waals surface area contributed by atoms with Crippen LogP contribution in [0.25, 0.3) is 11.4 Å². The SMILES string of the molecule is Cc1sc(C(=O)c2ccccc2)nc1-c1ccc(F)cn1. The van der Waals surface area contributed by atoms with Gasteiger partial charge in [0.25, 0.3) is 0 Å². The lowest BCUT2D eigenvalue weighted by molar-refractivity contribution is 0.103. The van der Waals surface area contributed by atoms with Crippen molar-refractivity contribution in [3.63, 3.8) is 0 Å². The van der Waals surface area contributed by atoms with E-state index in [9.17, 15) is 9.18 Å². The van der Waals surface area contributed by atoms with Gasteiger partial charge in [0, 0.05) is 10.4 Å². The third-order valence-corrected chi connectivity index (χ3v) is 3.97. The maximum Gasteiger partial charge on any atom is 0.221 e. The Balaban J connectivity index is 1.98. The van der Waals surface area contributed by atoms with E-state index in [-0.39, 0.29) is 5.78 Å². The summed E-state index contributed by atoms with van der Waals surface area (Å²) in [6, 6.07) is 11.9. The first-order valence-corrected chi connectivity index (χ1v) is 7.16. The Bertz CT molecular complexity index is 782. The monoisotopic (exact) mass is 298 g/mol. The summed E-state index contributed by atoms with van der Waals surface area (Å²) in [4.78, 5) is 21.6. The smallest absolute Gasteiger partial charge is 0.221 e. The fourth-order valence-corrected chi connectivity index (χ4v) is 2.84. The second-order valence-electron chi connectivity index (χ2n) is 4.48. The summed E-state index contributed by atoms with van der Waals surface area (Å²) in [5.41, 5.74) is 1.79. The number of rotatable bonds is 3. The third-order valence-electron chi connectivity index (χ3n) is 3.00. The molecule has 0 atom stereocenters. The number of thiazole rings is 1. The van der Waals surface area contributed by atoms with Crippen LogP contribution < -0.4 is 0 Å². The molecule has 0 spiro atoms. The molecule has 0 saturated heterocycles. The first kappa shape index (κ1) is 13.6. The van der Waals surface area contributed by atoms with Gasteiger partial charge in [-0.05, 0) is 19.1 Å². The molecule has 0 radical (unpaired) electrons. The van der Waals surface area contributed by atoms with E-state index in [2.05, 4.69) is 9.97 Å². The van der Waals surface area contributed by atoms with Crippen LogP contribution in [-0.2, 0) is 0 Å². The topological polar surface area (TPSA) is 42.9 Å². The molecule has 3 nitrogen and oxygen atoms in total. The molecule has 0 saturated carbocycles. The number of nitrogens with zero attached hydrogens (tertiary/aromatic N) is 2. The van der Waals surface area contributed by atoms with Gasteiger partial charge in [-0.2, -0.15) is 0 Å². The van der Waals surface area contributed by atoms with Crippen LogP contribution in [0.1, 0.15) is 20.2 Å². The van der Waals surface area contributed by atoms with Crippen LogP contribution >= 0.6 is 11.3 Å². The van der Waals surface area contributed by atoms with Crippen molar-refractivity contribution >= 4 is 17.1 Å². The van der Waals surface area contributed by atoms with Crippen molar-refractivity contribution in [1.82, 2.24) is 9.97 Å². The molecule has 0 aliphatic heterocycles. The Hall–Kier alpha value is -2.40. The van der Waals surface area contributed by atoms with E-state index in [0.29, 0.717) is 22.0 Å². The van der Waals surface area contributed by atoms with Crippen LogP contribution in [0.5, 0.6) is 0 Å². The van der Waals surface area contributed by atoms with Crippen molar-refractivity contribution in [2.75, 3.05) is 0 Å². The molecule has 0 unspecified atom stereocenters. The summed E-state index contributed by atoms with van der Waals surface area (Å²) in [7, 11) is 0. The highest BCUT2D eigenvalue weighted by Gasteiger charge is 2.17. The molecule has 0 N–H and O–H groups in total. The van der Waals surface area contributed by atoms with Crippen molar-refractivity contribution in [2.24, 2.45) is 0 Å². The molecule has 104 valence electrons. The van der Waals surface area contributed by atoms with Crippen molar-refractivity contribution < 1.29 is 9.18 Å². The van der Waals surface area contributed by atoms with Gasteiger partial charge in [-0.3, -0.25) is 9.78 Å². The van der Waals surface area contributed by atoms with Crippen LogP contribution in [0.15, 0.2) is 48.7 Å². The molecule has 0 aliphatic rings. The second kappa shape index (κ2) is 5.54. The first-order chi connectivity index (χ1) is 10.1. The fourth-order valence-electron chi connectivity index (χ4n) is 1.96. The van der Waals surface area contributed by atoms with Gasteiger partial charge in [0.2, 0.25) is 5.78 Å². The third kappa shape index (κ3) is 2.73. The predicted octanol–water partition coefficient (Wildman–Crippen LogP) is 3.88. The molecule has 21 heavy (non-hydrogen) atoms. The number of aromatic nitrogens is 2. The standard InChI is InChI=1S/C16H11FN2OS/c1-10-14(13-8-7-12(17)9-18-13)19-16(21-10)15(20)11-5-3-2-4-6-11/h2-9H,1H3. The lowest BCUT2D eigenvalue weighted by atomic mass is 10.1. The summed E-state index contributed by atoms with van der Waals surface area (Å²) in [6.45, 7) is 1.87. The Morgan fingerprint density at radius 1 is 1.14 bits per heavy atom. The van der Waals surface area contributed by atoms with E-state index in [0.717, 1.165) is 11.1 Å².